The Labute approximate surface area is 194 Å². The van der Waals surface area contributed by atoms with Crippen molar-refractivity contribution >= 4 is 39.5 Å². The van der Waals surface area contributed by atoms with Gasteiger partial charge in [-0.2, -0.15) is 0 Å². The fraction of sp³-hybridized carbons (Fsp3) is 0.120. The summed E-state index contributed by atoms with van der Waals surface area (Å²) < 4.78 is 12.1. The van der Waals surface area contributed by atoms with Crippen molar-refractivity contribution in [1.29, 1.82) is 0 Å². The predicted octanol–water partition coefficient (Wildman–Crippen LogP) is 4.81. The van der Waals surface area contributed by atoms with Crippen LogP contribution in [0.2, 0.25) is 0 Å². The minimum absolute atomic E-state index is 0.0324. The lowest BCUT2D eigenvalue weighted by Crippen LogP contribution is -2.35. The summed E-state index contributed by atoms with van der Waals surface area (Å²) in [6.45, 7) is 2.42. The van der Waals surface area contributed by atoms with Crippen LogP contribution in [0.5, 0.6) is 11.5 Å². The number of hydrazine groups is 1. The highest BCUT2D eigenvalue weighted by Gasteiger charge is 2.34. The summed E-state index contributed by atoms with van der Waals surface area (Å²) in [5.41, 5.74) is 6.05. The smallest absolute Gasteiger partial charge is 0.282 e. The molecule has 4 rings (SSSR count). The molecular formula is C25H21BrN2O4. The summed E-state index contributed by atoms with van der Waals surface area (Å²) in [4.78, 5) is 25.3. The number of nitrogens with zero attached hydrogens (tertiary/aromatic N) is 1. The number of aryl methyl sites for hydroxylation is 1. The second-order valence-corrected chi connectivity index (χ2v) is 8.13. The molecule has 2 amide bonds. The van der Waals surface area contributed by atoms with E-state index in [1.807, 2.05) is 31.2 Å². The molecule has 32 heavy (non-hydrogen) atoms. The van der Waals surface area contributed by atoms with E-state index in [2.05, 4.69) is 27.4 Å². The normalized spacial score (nSPS) is 14.6. The standard InChI is InChI=1S/C25H21BrN2O4/c1-16-7-6-8-17(11-16)15-32-23-14-21(26)18(13-22(23)31-2)12-20-24(29)27-28(25(20)30)19-9-4-3-5-10-19/h3-14H,15H2,1-2H3,(H,27,29). The summed E-state index contributed by atoms with van der Waals surface area (Å²) in [5, 5.41) is 1.23. The van der Waals surface area contributed by atoms with Crippen LogP contribution in [-0.2, 0) is 16.2 Å². The number of benzene rings is 3. The number of amides is 2. The van der Waals surface area contributed by atoms with Gasteiger partial charge in [-0.15, -0.1) is 0 Å². The van der Waals surface area contributed by atoms with Gasteiger partial charge in [-0.3, -0.25) is 15.0 Å². The average molecular weight is 493 g/mol. The molecule has 3 aromatic carbocycles. The summed E-state index contributed by atoms with van der Waals surface area (Å²) in [6, 6.07) is 20.5. The molecule has 7 heteroatoms. The first-order valence-corrected chi connectivity index (χ1v) is 10.7. The van der Waals surface area contributed by atoms with E-state index in [4.69, 9.17) is 9.47 Å². The maximum Gasteiger partial charge on any atom is 0.282 e. The number of anilines is 1. The van der Waals surface area contributed by atoms with Crippen LogP contribution in [0.4, 0.5) is 5.69 Å². The molecule has 0 saturated carbocycles. The lowest BCUT2D eigenvalue weighted by Gasteiger charge is -2.14. The third-order valence-electron chi connectivity index (χ3n) is 4.97. The zero-order chi connectivity index (χ0) is 22.7. The Kier molecular flexibility index (Phi) is 6.28. The number of carbonyl (C=O) groups is 2. The minimum Gasteiger partial charge on any atom is -0.493 e. The van der Waals surface area contributed by atoms with E-state index in [0.717, 1.165) is 11.1 Å². The van der Waals surface area contributed by atoms with Crippen molar-refractivity contribution in [3.63, 3.8) is 0 Å². The van der Waals surface area contributed by atoms with Gasteiger partial charge in [-0.25, -0.2) is 5.01 Å². The number of nitrogens with one attached hydrogen (secondary N) is 1. The van der Waals surface area contributed by atoms with Crippen molar-refractivity contribution < 1.29 is 19.1 Å². The number of halogens is 1. The van der Waals surface area contributed by atoms with E-state index in [0.29, 0.717) is 33.8 Å². The van der Waals surface area contributed by atoms with Gasteiger partial charge in [0.1, 0.15) is 12.2 Å². The molecule has 6 nitrogen and oxygen atoms in total. The van der Waals surface area contributed by atoms with E-state index < -0.39 is 11.8 Å². The molecule has 1 aliphatic heterocycles. The number of methoxy groups -OCH3 is 1. The molecule has 162 valence electrons. The van der Waals surface area contributed by atoms with Crippen LogP contribution in [-0.4, -0.2) is 18.9 Å². The van der Waals surface area contributed by atoms with Crippen LogP contribution in [0.25, 0.3) is 6.08 Å². The Morgan fingerprint density at radius 3 is 2.50 bits per heavy atom. The molecule has 1 aliphatic rings. The van der Waals surface area contributed by atoms with E-state index in [-0.39, 0.29) is 5.57 Å². The van der Waals surface area contributed by atoms with Gasteiger partial charge in [0.2, 0.25) is 0 Å². The largest absolute Gasteiger partial charge is 0.493 e. The van der Waals surface area contributed by atoms with Crippen LogP contribution in [0, 0.1) is 6.92 Å². The molecule has 0 atom stereocenters. The summed E-state index contributed by atoms with van der Waals surface area (Å²) >= 11 is 3.52. The number of rotatable bonds is 6. The van der Waals surface area contributed by atoms with Crippen molar-refractivity contribution in [2.75, 3.05) is 12.1 Å². The molecule has 1 N–H and O–H groups in total. The SMILES string of the molecule is COc1cc(C=C2C(=O)NN(c3ccccc3)C2=O)c(Br)cc1OCc1cccc(C)c1. The van der Waals surface area contributed by atoms with Crippen molar-refractivity contribution in [2.45, 2.75) is 13.5 Å². The third-order valence-corrected chi connectivity index (χ3v) is 5.65. The molecule has 0 aliphatic carbocycles. The summed E-state index contributed by atoms with van der Waals surface area (Å²) in [5.74, 6) is 0.158. The first-order chi connectivity index (χ1) is 15.5. The lowest BCUT2D eigenvalue weighted by molar-refractivity contribution is -0.117. The van der Waals surface area contributed by atoms with Crippen molar-refractivity contribution in [1.82, 2.24) is 5.43 Å². The van der Waals surface area contributed by atoms with E-state index in [9.17, 15) is 9.59 Å². The van der Waals surface area contributed by atoms with E-state index in [1.54, 1.807) is 43.5 Å². The molecule has 1 heterocycles. The Morgan fingerprint density at radius 2 is 1.78 bits per heavy atom. The lowest BCUT2D eigenvalue weighted by atomic mass is 10.1. The number of hydrogen-bond donors (Lipinski definition) is 1. The molecular weight excluding hydrogens is 472 g/mol. The molecule has 0 radical (unpaired) electrons. The number of ether oxygens (including phenoxy) is 2. The minimum atomic E-state index is -0.468. The highest BCUT2D eigenvalue weighted by atomic mass is 79.9. The van der Waals surface area contributed by atoms with Crippen LogP contribution in [0.3, 0.4) is 0 Å². The fourth-order valence-electron chi connectivity index (χ4n) is 3.37. The highest BCUT2D eigenvalue weighted by Crippen LogP contribution is 2.35. The van der Waals surface area contributed by atoms with Gasteiger partial charge < -0.3 is 9.47 Å². The Balaban J connectivity index is 1.59. The fourth-order valence-corrected chi connectivity index (χ4v) is 3.81. The monoisotopic (exact) mass is 492 g/mol. The van der Waals surface area contributed by atoms with Crippen molar-refractivity contribution in [2.24, 2.45) is 0 Å². The Hall–Kier alpha value is -3.58. The second-order valence-electron chi connectivity index (χ2n) is 7.28. The second kappa shape index (κ2) is 9.28. The van der Waals surface area contributed by atoms with Gasteiger partial charge in [0, 0.05) is 4.47 Å². The van der Waals surface area contributed by atoms with Gasteiger partial charge in [0.25, 0.3) is 11.8 Å². The first kappa shape index (κ1) is 21.6. The molecule has 0 bridgehead atoms. The maximum atomic E-state index is 12.8. The van der Waals surface area contributed by atoms with E-state index >= 15 is 0 Å². The van der Waals surface area contributed by atoms with Gasteiger partial charge in [-0.1, -0.05) is 64.0 Å². The highest BCUT2D eigenvalue weighted by molar-refractivity contribution is 9.10. The average Bonchev–Trinajstić information content (AvgIpc) is 3.08. The molecule has 3 aromatic rings. The zero-order valence-electron chi connectivity index (χ0n) is 17.6. The molecule has 0 unspecified atom stereocenters. The summed E-state index contributed by atoms with van der Waals surface area (Å²) in [7, 11) is 1.55. The van der Waals surface area contributed by atoms with Crippen LogP contribution in [0.1, 0.15) is 16.7 Å². The number of carbonyl (C=O) groups excluding carboxylic acids is 2. The molecule has 1 saturated heterocycles. The van der Waals surface area contributed by atoms with Gasteiger partial charge in [0.05, 0.1) is 12.8 Å². The predicted molar refractivity (Wildman–Crippen MR) is 126 cm³/mol. The number of hydrogen-bond acceptors (Lipinski definition) is 4. The molecule has 1 fully saturated rings. The quantitative estimate of drug-likeness (QED) is 0.396. The van der Waals surface area contributed by atoms with Crippen LogP contribution in [0.15, 0.2) is 76.8 Å². The van der Waals surface area contributed by atoms with Crippen molar-refractivity contribution in [3.05, 3.63) is 93.5 Å². The van der Waals surface area contributed by atoms with Gasteiger partial charge in [-0.05, 0) is 48.4 Å². The van der Waals surface area contributed by atoms with Crippen molar-refractivity contribution in [3.8, 4) is 11.5 Å². The van der Waals surface area contributed by atoms with Crippen LogP contribution < -0.4 is 19.9 Å². The maximum absolute atomic E-state index is 12.8. The van der Waals surface area contributed by atoms with Gasteiger partial charge in [0.15, 0.2) is 11.5 Å². The zero-order valence-corrected chi connectivity index (χ0v) is 19.2. The Morgan fingerprint density at radius 1 is 1.00 bits per heavy atom. The molecule has 0 spiro atoms. The first-order valence-electron chi connectivity index (χ1n) is 9.94. The Bertz CT molecular complexity index is 1210. The van der Waals surface area contributed by atoms with E-state index in [1.165, 1.54) is 11.1 Å². The number of para-hydroxylation sites is 1. The molecule has 0 aromatic heterocycles. The van der Waals surface area contributed by atoms with Gasteiger partial charge >= 0.3 is 0 Å². The topological polar surface area (TPSA) is 67.9 Å². The summed E-state index contributed by atoms with van der Waals surface area (Å²) in [6.07, 6.45) is 1.54. The van der Waals surface area contributed by atoms with Crippen LogP contribution >= 0.6 is 15.9 Å². The third kappa shape index (κ3) is 4.53.